The van der Waals surface area contributed by atoms with E-state index in [4.69, 9.17) is 5.73 Å². The Kier molecular flexibility index (Phi) is 3.96. The molecule has 5 nitrogen and oxygen atoms in total. The van der Waals surface area contributed by atoms with Crippen LogP contribution in [-0.2, 0) is 23.3 Å². The molecule has 1 heterocycles. The molecule has 1 aromatic carbocycles. The molecule has 2 N–H and O–H groups in total. The van der Waals surface area contributed by atoms with Crippen LogP contribution in [0.3, 0.4) is 0 Å². The number of sulfone groups is 1. The lowest BCUT2D eigenvalue weighted by atomic mass is 10.3. The third-order valence-corrected chi connectivity index (χ3v) is 5.13. The van der Waals surface area contributed by atoms with Crippen molar-refractivity contribution in [1.29, 1.82) is 0 Å². The lowest BCUT2D eigenvalue weighted by Gasteiger charge is -2.08. The first kappa shape index (κ1) is 14.1. The Labute approximate surface area is 120 Å². The molecule has 0 unspecified atom stereocenters. The second-order valence-electron chi connectivity index (χ2n) is 4.20. The monoisotopic (exact) mass is 343 g/mol. The first-order chi connectivity index (χ1) is 8.90. The Morgan fingerprint density at radius 3 is 2.68 bits per heavy atom. The maximum atomic E-state index is 12.2. The Hall–Kier alpha value is -1.34. The average Bonchev–Trinajstić information content (AvgIpc) is 2.72. The summed E-state index contributed by atoms with van der Waals surface area (Å²) in [6.45, 7) is 0. The maximum absolute atomic E-state index is 12.2. The van der Waals surface area contributed by atoms with Crippen molar-refractivity contribution >= 4 is 31.5 Å². The van der Waals surface area contributed by atoms with E-state index in [0.29, 0.717) is 6.42 Å². The van der Waals surface area contributed by atoms with Crippen LogP contribution >= 0.6 is 15.9 Å². The van der Waals surface area contributed by atoms with Crippen molar-refractivity contribution < 1.29 is 8.42 Å². The summed E-state index contributed by atoms with van der Waals surface area (Å²) in [6.07, 6.45) is 2.06. The van der Waals surface area contributed by atoms with Crippen molar-refractivity contribution in [1.82, 2.24) is 9.78 Å². The van der Waals surface area contributed by atoms with Crippen LogP contribution in [0.1, 0.15) is 5.69 Å². The third-order valence-electron chi connectivity index (χ3n) is 2.86. The molecule has 0 aliphatic carbocycles. The van der Waals surface area contributed by atoms with E-state index in [1.54, 1.807) is 36.1 Å². The summed E-state index contributed by atoms with van der Waals surface area (Å²) in [6, 6.07) is 6.60. The number of hydrogen-bond acceptors (Lipinski definition) is 4. The predicted octanol–water partition coefficient (Wildman–Crippen LogP) is 1.78. The number of aromatic nitrogens is 2. The number of nitrogen functional groups attached to an aromatic ring is 1. The van der Waals surface area contributed by atoms with Gasteiger partial charge in [0, 0.05) is 29.8 Å². The number of aryl methyl sites for hydroxylation is 2. The second-order valence-corrected chi connectivity index (χ2v) is 7.19. The fourth-order valence-electron chi connectivity index (χ4n) is 1.80. The third kappa shape index (κ3) is 3.16. The van der Waals surface area contributed by atoms with E-state index in [0.717, 1.165) is 10.2 Å². The fraction of sp³-hybridized carbons (Fsp3) is 0.250. The summed E-state index contributed by atoms with van der Waals surface area (Å²) in [5.41, 5.74) is 6.90. The lowest BCUT2D eigenvalue weighted by Crippen LogP contribution is -2.13. The summed E-state index contributed by atoms with van der Waals surface area (Å²) in [5.74, 6) is 0.0123. The molecule has 2 aromatic rings. The second kappa shape index (κ2) is 5.34. The van der Waals surface area contributed by atoms with Crippen LogP contribution in [0.15, 0.2) is 39.8 Å². The molecule has 102 valence electrons. The smallest absolute Gasteiger partial charge is 0.180 e. The van der Waals surface area contributed by atoms with Gasteiger partial charge >= 0.3 is 0 Å². The van der Waals surface area contributed by atoms with E-state index < -0.39 is 9.84 Å². The molecule has 19 heavy (non-hydrogen) atoms. The van der Waals surface area contributed by atoms with Crippen LogP contribution in [0, 0.1) is 0 Å². The highest BCUT2D eigenvalue weighted by molar-refractivity contribution is 9.10. The van der Waals surface area contributed by atoms with Crippen molar-refractivity contribution in [2.24, 2.45) is 7.05 Å². The van der Waals surface area contributed by atoms with Crippen molar-refractivity contribution in [3.05, 3.63) is 40.6 Å². The molecule has 7 heteroatoms. The summed E-state index contributed by atoms with van der Waals surface area (Å²) in [5, 5.41) is 4.01. The van der Waals surface area contributed by atoms with Gasteiger partial charge in [0.05, 0.1) is 16.3 Å². The van der Waals surface area contributed by atoms with Crippen molar-refractivity contribution in [2.75, 3.05) is 11.5 Å². The summed E-state index contributed by atoms with van der Waals surface area (Å²) in [4.78, 5) is 0.179. The number of nitrogens with two attached hydrogens (primary N) is 1. The molecule has 0 spiro atoms. The molecule has 0 saturated heterocycles. The van der Waals surface area contributed by atoms with E-state index in [9.17, 15) is 8.42 Å². The van der Waals surface area contributed by atoms with Crippen molar-refractivity contribution in [3.8, 4) is 0 Å². The molecule has 2 rings (SSSR count). The Morgan fingerprint density at radius 1 is 1.37 bits per heavy atom. The van der Waals surface area contributed by atoms with Gasteiger partial charge in [-0.2, -0.15) is 5.10 Å². The van der Waals surface area contributed by atoms with Crippen molar-refractivity contribution in [2.45, 2.75) is 11.3 Å². The molecule has 1 aromatic heterocycles. The predicted molar refractivity (Wildman–Crippen MR) is 77.5 cm³/mol. The normalized spacial score (nSPS) is 11.7. The highest BCUT2D eigenvalue weighted by atomic mass is 79.9. The van der Waals surface area contributed by atoms with Crippen LogP contribution in [-0.4, -0.2) is 24.0 Å². The van der Waals surface area contributed by atoms with E-state index in [1.165, 1.54) is 6.07 Å². The van der Waals surface area contributed by atoms with Gasteiger partial charge < -0.3 is 5.73 Å². The molecular formula is C12H14BrN3O2S. The van der Waals surface area contributed by atoms with Gasteiger partial charge in [0.25, 0.3) is 0 Å². The topological polar surface area (TPSA) is 78.0 Å². The standard InChI is InChI=1S/C12H14BrN3O2S/c1-16-10(4-6-15-16)5-7-19(17,18)12-3-2-9(13)8-11(12)14/h2-4,6,8H,5,7,14H2,1H3. The van der Waals surface area contributed by atoms with Crippen LogP contribution in [0.25, 0.3) is 0 Å². The molecule has 0 fully saturated rings. The van der Waals surface area contributed by atoms with Crippen LogP contribution in [0.4, 0.5) is 5.69 Å². The summed E-state index contributed by atoms with van der Waals surface area (Å²) < 4.78 is 26.9. The molecule has 0 atom stereocenters. The van der Waals surface area contributed by atoms with Crippen LogP contribution < -0.4 is 5.73 Å². The minimum atomic E-state index is -3.39. The number of benzene rings is 1. The zero-order valence-corrected chi connectivity index (χ0v) is 12.8. The molecule has 0 bridgehead atoms. The highest BCUT2D eigenvalue weighted by Crippen LogP contribution is 2.24. The molecule has 0 aliphatic heterocycles. The SMILES string of the molecule is Cn1nccc1CCS(=O)(=O)c1ccc(Br)cc1N. The Morgan fingerprint density at radius 2 is 2.11 bits per heavy atom. The number of rotatable bonds is 4. The quantitative estimate of drug-likeness (QED) is 0.858. The van der Waals surface area contributed by atoms with Gasteiger partial charge in [0.15, 0.2) is 9.84 Å². The molecule has 0 amide bonds. The number of nitrogens with zero attached hydrogens (tertiary/aromatic N) is 2. The Bertz CT molecular complexity index is 695. The van der Waals surface area contributed by atoms with Gasteiger partial charge in [0.2, 0.25) is 0 Å². The minimum absolute atomic E-state index is 0.0123. The van der Waals surface area contributed by atoms with E-state index >= 15 is 0 Å². The summed E-state index contributed by atoms with van der Waals surface area (Å²) in [7, 11) is -1.60. The maximum Gasteiger partial charge on any atom is 0.180 e. The number of anilines is 1. The van der Waals surface area contributed by atoms with Gasteiger partial charge in [-0.05, 0) is 24.3 Å². The molecule has 0 radical (unpaired) electrons. The van der Waals surface area contributed by atoms with Gasteiger partial charge in [0.1, 0.15) is 0 Å². The highest BCUT2D eigenvalue weighted by Gasteiger charge is 2.18. The van der Waals surface area contributed by atoms with Crippen molar-refractivity contribution in [3.63, 3.8) is 0 Å². The largest absolute Gasteiger partial charge is 0.398 e. The van der Waals surface area contributed by atoms with Gasteiger partial charge in [-0.1, -0.05) is 15.9 Å². The number of halogens is 1. The van der Waals surface area contributed by atoms with Gasteiger partial charge in [-0.15, -0.1) is 0 Å². The van der Waals surface area contributed by atoms with E-state index in [2.05, 4.69) is 21.0 Å². The van der Waals surface area contributed by atoms with Gasteiger partial charge in [-0.3, -0.25) is 4.68 Å². The first-order valence-corrected chi connectivity index (χ1v) is 8.09. The van der Waals surface area contributed by atoms with E-state index in [1.807, 2.05) is 0 Å². The zero-order valence-electron chi connectivity index (χ0n) is 10.4. The number of hydrogen-bond donors (Lipinski definition) is 1. The minimum Gasteiger partial charge on any atom is -0.398 e. The van der Waals surface area contributed by atoms with Crippen LogP contribution in [0.2, 0.25) is 0 Å². The Balaban J connectivity index is 2.21. The molecular weight excluding hydrogens is 330 g/mol. The molecule has 0 saturated carbocycles. The van der Waals surface area contributed by atoms with Gasteiger partial charge in [-0.25, -0.2) is 8.42 Å². The lowest BCUT2D eigenvalue weighted by molar-refractivity contribution is 0.594. The first-order valence-electron chi connectivity index (χ1n) is 5.65. The average molecular weight is 344 g/mol. The zero-order chi connectivity index (χ0) is 14.0. The summed E-state index contributed by atoms with van der Waals surface area (Å²) >= 11 is 3.26. The molecule has 0 aliphatic rings. The van der Waals surface area contributed by atoms with Crippen LogP contribution in [0.5, 0.6) is 0 Å². The van der Waals surface area contributed by atoms with E-state index in [-0.39, 0.29) is 16.3 Å². The fourth-order valence-corrected chi connectivity index (χ4v) is 3.57.